The lowest BCUT2D eigenvalue weighted by atomic mass is 10.0. The molecule has 55 heavy (non-hydrogen) atoms. The third-order valence-electron chi connectivity index (χ3n) is 8.79. The molecule has 1 atom stereocenters. The zero-order valence-electron chi connectivity index (χ0n) is 32.2. The van der Waals surface area contributed by atoms with Crippen LogP contribution in [0.5, 0.6) is 5.75 Å². The molecule has 0 N–H and O–H groups in total. The van der Waals surface area contributed by atoms with Gasteiger partial charge in [-0.3, -0.25) is 4.79 Å². The van der Waals surface area contributed by atoms with E-state index >= 15 is 4.57 Å². The van der Waals surface area contributed by atoms with Gasteiger partial charge in [0.1, 0.15) is 11.4 Å². The molecule has 1 aliphatic heterocycles. The first-order chi connectivity index (χ1) is 27.1. The molecule has 3 aromatic rings. The molecule has 4 rings (SSSR count). The normalized spacial score (nSPS) is 14.2. The van der Waals surface area contributed by atoms with Gasteiger partial charge in [-0.05, 0) is 36.6 Å². The molecule has 0 saturated carbocycles. The first-order valence-electron chi connectivity index (χ1n) is 19.0. The van der Waals surface area contributed by atoms with Crippen molar-refractivity contribution in [3.05, 3.63) is 97.1 Å². The molecular formula is C42H58NO11P. The number of nitrogens with zero attached hydrogens (tertiary/aromatic N) is 1. The van der Waals surface area contributed by atoms with Crippen LogP contribution < -0.4 is 20.2 Å². The lowest BCUT2D eigenvalue weighted by molar-refractivity contribution is -0.118. The Hall–Kier alpha value is -3.42. The molecule has 12 nitrogen and oxygen atoms in total. The highest BCUT2D eigenvalue weighted by molar-refractivity contribution is 7.80. The fraction of sp³-hybridized carbons (Fsp3) is 0.500. The van der Waals surface area contributed by atoms with Gasteiger partial charge in [-0.25, -0.2) is 0 Å². The third kappa shape index (κ3) is 14.9. The van der Waals surface area contributed by atoms with Gasteiger partial charge in [-0.15, -0.1) is 6.58 Å². The average molecular weight is 784 g/mol. The molecule has 1 unspecified atom stereocenters. The van der Waals surface area contributed by atoms with Crippen LogP contribution in [0.2, 0.25) is 0 Å². The number of carbonyl (C=O) groups is 1. The van der Waals surface area contributed by atoms with Crippen LogP contribution >= 0.6 is 7.14 Å². The van der Waals surface area contributed by atoms with Crippen LogP contribution in [0, 0.1) is 0 Å². The molecule has 0 aromatic heterocycles. The van der Waals surface area contributed by atoms with Crippen molar-refractivity contribution in [1.29, 1.82) is 0 Å². The van der Waals surface area contributed by atoms with E-state index in [1.807, 2.05) is 84.9 Å². The van der Waals surface area contributed by atoms with Gasteiger partial charge >= 0.3 is 0 Å². The molecule has 0 fully saturated rings. The molecule has 0 bridgehead atoms. The van der Waals surface area contributed by atoms with Gasteiger partial charge in [0.15, 0.2) is 7.14 Å². The second-order valence-corrected chi connectivity index (χ2v) is 15.5. The Bertz CT molecular complexity index is 1500. The highest BCUT2D eigenvalue weighted by atomic mass is 31.2. The summed E-state index contributed by atoms with van der Waals surface area (Å²) in [6.07, 6.45) is 3.01. The van der Waals surface area contributed by atoms with Crippen LogP contribution in [0.15, 0.2) is 91.5 Å². The second-order valence-electron chi connectivity index (χ2n) is 12.5. The van der Waals surface area contributed by atoms with Gasteiger partial charge in [-0.2, -0.15) is 0 Å². The van der Waals surface area contributed by atoms with Crippen molar-refractivity contribution < 1.29 is 52.0 Å². The summed E-state index contributed by atoms with van der Waals surface area (Å²) in [7, 11) is -1.77. The van der Waals surface area contributed by atoms with Gasteiger partial charge in [-0.1, -0.05) is 66.7 Å². The SMILES string of the molecule is C=CCCOCCOCCOCCOCCOCCOCCOCCOCCN1C(=O)C(P(=O)(c2ccccc2)c2ccccc2)Cc2cc(OC)ccc21. The zero-order valence-corrected chi connectivity index (χ0v) is 33.1. The molecule has 1 amide bonds. The summed E-state index contributed by atoms with van der Waals surface area (Å²) >= 11 is 0. The Morgan fingerprint density at radius 1 is 0.618 bits per heavy atom. The van der Waals surface area contributed by atoms with E-state index in [1.54, 1.807) is 12.0 Å². The molecule has 0 spiro atoms. The monoisotopic (exact) mass is 783 g/mol. The predicted molar refractivity (Wildman–Crippen MR) is 214 cm³/mol. The highest BCUT2D eigenvalue weighted by Gasteiger charge is 2.46. The molecular weight excluding hydrogens is 725 g/mol. The Kier molecular flexibility index (Phi) is 21.3. The van der Waals surface area contributed by atoms with E-state index in [-0.39, 0.29) is 5.91 Å². The van der Waals surface area contributed by atoms with Crippen molar-refractivity contribution in [2.24, 2.45) is 0 Å². The largest absolute Gasteiger partial charge is 0.497 e. The van der Waals surface area contributed by atoms with Gasteiger partial charge in [0, 0.05) is 22.8 Å². The molecule has 0 saturated heterocycles. The van der Waals surface area contributed by atoms with Gasteiger partial charge in [0.2, 0.25) is 5.91 Å². The molecule has 1 aliphatic rings. The topological polar surface area (TPSA) is 120 Å². The number of hydrogen-bond donors (Lipinski definition) is 0. The van der Waals surface area contributed by atoms with Crippen molar-refractivity contribution in [2.75, 3.05) is 124 Å². The van der Waals surface area contributed by atoms with E-state index in [4.69, 9.17) is 42.6 Å². The lowest BCUT2D eigenvalue weighted by Crippen LogP contribution is -2.48. The first kappa shape index (κ1) is 44.3. The van der Waals surface area contributed by atoms with E-state index in [9.17, 15) is 4.79 Å². The van der Waals surface area contributed by atoms with Crippen molar-refractivity contribution in [2.45, 2.75) is 18.5 Å². The number of hydrogen-bond acceptors (Lipinski definition) is 11. The number of carbonyl (C=O) groups excluding carboxylic acids is 1. The Morgan fingerprint density at radius 2 is 1.04 bits per heavy atom. The first-order valence-corrected chi connectivity index (χ1v) is 20.8. The number of rotatable bonds is 31. The van der Waals surface area contributed by atoms with E-state index in [0.29, 0.717) is 135 Å². The quantitative estimate of drug-likeness (QED) is 0.0515. The van der Waals surface area contributed by atoms with Gasteiger partial charge in [0.25, 0.3) is 0 Å². The maximum absolute atomic E-state index is 15.2. The molecule has 302 valence electrons. The predicted octanol–water partition coefficient (Wildman–Crippen LogP) is 4.68. The summed E-state index contributed by atoms with van der Waals surface area (Å²) in [4.78, 5) is 16.0. The van der Waals surface area contributed by atoms with Gasteiger partial charge in [0.05, 0.1) is 113 Å². The van der Waals surface area contributed by atoms with Crippen LogP contribution in [0.4, 0.5) is 5.69 Å². The number of fused-ring (bicyclic) bond motifs is 1. The van der Waals surface area contributed by atoms with Crippen molar-refractivity contribution >= 4 is 29.3 Å². The number of amides is 1. The van der Waals surface area contributed by atoms with Crippen LogP contribution in [-0.4, -0.2) is 131 Å². The van der Waals surface area contributed by atoms with Crippen LogP contribution in [0.1, 0.15) is 12.0 Å². The summed E-state index contributed by atoms with van der Waals surface area (Å²) in [6.45, 7) is 11.6. The smallest absolute Gasteiger partial charge is 0.238 e. The van der Waals surface area contributed by atoms with Crippen LogP contribution in [0.3, 0.4) is 0 Å². The number of anilines is 1. The molecule has 13 heteroatoms. The van der Waals surface area contributed by atoms with Crippen molar-refractivity contribution in [3.63, 3.8) is 0 Å². The molecule has 3 aromatic carbocycles. The van der Waals surface area contributed by atoms with Crippen LogP contribution in [-0.2, 0) is 53.7 Å². The second kappa shape index (κ2) is 26.4. The Morgan fingerprint density at radius 3 is 1.45 bits per heavy atom. The summed E-state index contributed by atoms with van der Waals surface area (Å²) in [5, 5.41) is 1.32. The summed E-state index contributed by atoms with van der Waals surface area (Å²) < 4.78 is 65.2. The number of methoxy groups -OCH3 is 1. The zero-order chi connectivity index (χ0) is 38.8. The molecule has 0 aliphatic carbocycles. The molecule has 1 heterocycles. The van der Waals surface area contributed by atoms with E-state index in [2.05, 4.69) is 6.58 Å². The maximum atomic E-state index is 15.2. The summed E-state index contributed by atoms with van der Waals surface area (Å²) in [5.74, 6) is 0.506. The minimum Gasteiger partial charge on any atom is -0.497 e. The standard InChI is InChI=1S/C42H58NO11P/c1-3-4-18-47-20-22-49-24-26-51-28-30-53-32-33-54-31-29-52-27-25-50-23-21-48-19-17-43-40-16-15-37(46-2)34-36(40)35-41(42(43)44)55(45,38-11-7-5-8-12-38)39-13-9-6-10-14-39/h3,5-16,34,41H,1,4,17-33,35H2,2H3. The summed E-state index contributed by atoms with van der Waals surface area (Å²) in [5.41, 5.74) is 0.919. The third-order valence-corrected chi connectivity index (χ3v) is 12.2. The van der Waals surface area contributed by atoms with Crippen molar-refractivity contribution in [3.8, 4) is 5.75 Å². The summed E-state index contributed by atoms with van der Waals surface area (Å²) in [6, 6.07) is 24.3. The van der Waals surface area contributed by atoms with E-state index in [0.717, 1.165) is 17.7 Å². The van der Waals surface area contributed by atoms with Crippen LogP contribution in [0.25, 0.3) is 0 Å². The Balaban J connectivity index is 1.07. The fourth-order valence-corrected chi connectivity index (χ4v) is 9.15. The average Bonchev–Trinajstić information content (AvgIpc) is 3.22. The Labute approximate surface area is 326 Å². The lowest BCUT2D eigenvalue weighted by Gasteiger charge is -2.38. The maximum Gasteiger partial charge on any atom is 0.238 e. The van der Waals surface area contributed by atoms with Crippen molar-refractivity contribution in [1.82, 2.24) is 0 Å². The number of ether oxygens (including phenoxy) is 9. The fourth-order valence-electron chi connectivity index (χ4n) is 6.00. The minimum absolute atomic E-state index is 0.178. The molecule has 0 radical (unpaired) electrons. The highest BCUT2D eigenvalue weighted by Crippen LogP contribution is 2.53. The van der Waals surface area contributed by atoms with Gasteiger partial charge < -0.3 is 52.1 Å². The van der Waals surface area contributed by atoms with E-state index < -0.39 is 12.8 Å². The van der Waals surface area contributed by atoms with E-state index in [1.165, 1.54) is 0 Å². The minimum atomic E-state index is -3.39. The number of benzene rings is 3.